The average Bonchev–Trinajstić information content (AvgIpc) is 3.90. The molecule has 246 valence electrons. The van der Waals surface area contributed by atoms with Crippen molar-refractivity contribution in [3.63, 3.8) is 0 Å². The molecular formula is C35H47N6O5+. The van der Waals surface area contributed by atoms with Gasteiger partial charge < -0.3 is 20.3 Å². The standard InChI is InChI=1S/C35H46N6O5/c1-21(22-9-10-22)37-32(44)35(16-18-40(20-35)33(45)46-5)24-11-13-25(14-12-24)41(4)27-19-34(27,2)28(23-7-6-8-23)29(31(41)43)38-30(42)26-15-17-36-39(26)3/h11-15,17,21-23,27-29H,6-10,16,18-20H2,1-5H3,(H-,37,38,42,44)/p+1/t21?,27?,28?,29-,34?,35?,41?/m0/s1. The Balaban J connectivity index is 1.21. The maximum Gasteiger partial charge on any atom is 0.409 e. The zero-order valence-corrected chi connectivity index (χ0v) is 27.6. The largest absolute Gasteiger partial charge is 0.453 e. The molecule has 11 nitrogen and oxygen atoms in total. The lowest BCUT2D eigenvalue weighted by atomic mass is 9.64. The third-order valence-corrected chi connectivity index (χ3v) is 12.5. The minimum atomic E-state index is -0.913. The molecule has 6 unspecified atom stereocenters. The van der Waals surface area contributed by atoms with Crippen molar-refractivity contribution in [1.82, 2.24) is 29.8 Å². The van der Waals surface area contributed by atoms with E-state index in [0.29, 0.717) is 30.5 Å². The first-order valence-corrected chi connectivity index (χ1v) is 16.9. The summed E-state index contributed by atoms with van der Waals surface area (Å²) >= 11 is 0. The molecule has 7 atom stereocenters. The summed E-state index contributed by atoms with van der Waals surface area (Å²) in [6.45, 7) is 5.01. The third-order valence-electron chi connectivity index (χ3n) is 12.5. The Hall–Kier alpha value is -3.73. The number of hydrogen-bond acceptors (Lipinski definition) is 6. The number of quaternary nitrogens is 1. The maximum atomic E-state index is 14.7. The normalized spacial score (nSPS) is 34.3. The van der Waals surface area contributed by atoms with Crippen LogP contribution in [0.2, 0.25) is 0 Å². The van der Waals surface area contributed by atoms with Crippen molar-refractivity contribution in [3.8, 4) is 0 Å². The number of fused-ring (bicyclic) bond motifs is 1. The number of likely N-dealkylation sites (N-methyl/N-ethyl adjacent to an activating group) is 1. The van der Waals surface area contributed by atoms with Crippen molar-refractivity contribution in [1.29, 1.82) is 0 Å². The summed E-state index contributed by atoms with van der Waals surface area (Å²) in [5, 5.41) is 10.6. The minimum absolute atomic E-state index is 0.00332. The molecule has 1 aromatic heterocycles. The van der Waals surface area contributed by atoms with Gasteiger partial charge in [0, 0.05) is 50.1 Å². The lowest BCUT2D eigenvalue weighted by Gasteiger charge is -2.49. The molecule has 3 heterocycles. The van der Waals surface area contributed by atoms with Crippen LogP contribution in [0.25, 0.3) is 0 Å². The molecule has 3 aliphatic carbocycles. The van der Waals surface area contributed by atoms with Crippen LogP contribution in [0.4, 0.5) is 10.5 Å². The van der Waals surface area contributed by atoms with Gasteiger partial charge in [0.1, 0.15) is 23.5 Å². The summed E-state index contributed by atoms with van der Waals surface area (Å²) in [4.78, 5) is 56.3. The number of likely N-dealkylation sites (tertiary alicyclic amines) is 2. The lowest BCUT2D eigenvalue weighted by Crippen LogP contribution is -2.69. The van der Waals surface area contributed by atoms with Crippen LogP contribution in [0.5, 0.6) is 0 Å². The van der Waals surface area contributed by atoms with Gasteiger partial charge in [-0.3, -0.25) is 14.3 Å². The highest BCUT2D eigenvalue weighted by Crippen LogP contribution is 2.65. The lowest BCUT2D eigenvalue weighted by molar-refractivity contribution is -0.140. The van der Waals surface area contributed by atoms with Gasteiger partial charge in [-0.15, -0.1) is 0 Å². The number of piperidine rings is 1. The van der Waals surface area contributed by atoms with Gasteiger partial charge in [0.25, 0.3) is 5.91 Å². The van der Waals surface area contributed by atoms with Gasteiger partial charge in [0.2, 0.25) is 5.91 Å². The Morgan fingerprint density at radius 1 is 1.11 bits per heavy atom. The summed E-state index contributed by atoms with van der Waals surface area (Å²) in [5.41, 5.74) is 1.11. The zero-order valence-electron chi connectivity index (χ0n) is 27.6. The van der Waals surface area contributed by atoms with Gasteiger partial charge in [-0.25, -0.2) is 14.1 Å². The van der Waals surface area contributed by atoms with Crippen molar-refractivity contribution in [2.45, 2.75) is 82.3 Å². The number of carbonyl (C=O) groups excluding carboxylic acids is 4. The van der Waals surface area contributed by atoms with Crippen LogP contribution < -0.4 is 15.1 Å². The topological polar surface area (TPSA) is 123 Å². The van der Waals surface area contributed by atoms with Gasteiger partial charge in [0.15, 0.2) is 0 Å². The van der Waals surface area contributed by atoms with Gasteiger partial charge in [-0.1, -0.05) is 38.3 Å². The number of rotatable bonds is 8. The van der Waals surface area contributed by atoms with Crippen LogP contribution in [0, 0.1) is 23.2 Å². The second kappa shape index (κ2) is 10.9. The second-order valence-electron chi connectivity index (χ2n) is 15.0. The molecule has 2 aromatic rings. The summed E-state index contributed by atoms with van der Waals surface area (Å²) in [5.74, 6) is 0.657. The monoisotopic (exact) mass is 631 g/mol. The fourth-order valence-electron chi connectivity index (χ4n) is 9.14. The number of nitrogens with zero attached hydrogens (tertiary/aromatic N) is 4. The van der Waals surface area contributed by atoms with E-state index in [1.807, 2.05) is 31.3 Å². The molecule has 1 aromatic carbocycles. The highest BCUT2D eigenvalue weighted by molar-refractivity contribution is 6.01. The van der Waals surface area contributed by atoms with E-state index < -0.39 is 17.6 Å². The highest BCUT2D eigenvalue weighted by atomic mass is 16.5. The van der Waals surface area contributed by atoms with E-state index in [-0.39, 0.29) is 52.2 Å². The number of nitrogens with one attached hydrogen (secondary N) is 2. The highest BCUT2D eigenvalue weighted by Gasteiger charge is 2.75. The van der Waals surface area contributed by atoms with Crippen LogP contribution >= 0.6 is 0 Å². The van der Waals surface area contributed by atoms with E-state index in [9.17, 15) is 19.2 Å². The number of benzene rings is 1. The average molecular weight is 632 g/mol. The van der Waals surface area contributed by atoms with Gasteiger partial charge in [-0.2, -0.15) is 5.10 Å². The fraction of sp³-hybridized carbons (Fsp3) is 0.629. The van der Waals surface area contributed by atoms with E-state index in [4.69, 9.17) is 4.74 Å². The Bertz CT molecular complexity index is 1570. The number of aryl methyl sites for hydroxylation is 1. The predicted molar refractivity (Wildman–Crippen MR) is 172 cm³/mol. The number of methoxy groups -OCH3 is 1. The molecule has 2 saturated heterocycles. The molecule has 2 aliphatic heterocycles. The van der Waals surface area contributed by atoms with E-state index in [1.165, 1.54) is 11.8 Å². The summed E-state index contributed by atoms with van der Waals surface area (Å²) in [6.07, 6.45) is 8.12. The van der Waals surface area contributed by atoms with Gasteiger partial charge in [-0.05, 0) is 61.8 Å². The Morgan fingerprint density at radius 3 is 2.41 bits per heavy atom. The van der Waals surface area contributed by atoms with E-state index in [0.717, 1.165) is 49.8 Å². The third kappa shape index (κ3) is 4.67. The van der Waals surface area contributed by atoms with E-state index >= 15 is 0 Å². The molecule has 5 fully saturated rings. The molecule has 7 rings (SSSR count). The smallest absolute Gasteiger partial charge is 0.409 e. The minimum Gasteiger partial charge on any atom is -0.453 e. The molecule has 2 N–H and O–H groups in total. The number of amides is 4. The molecule has 0 spiro atoms. The SMILES string of the molecule is COC(=O)N1CCC(C(=O)NC(C)C2CC2)(c2ccc([N+]3(C)C(=O)[C@@H](NC(=O)c4ccnn4C)C(C4CCC4)C4(C)CC43)cc2)C1. The van der Waals surface area contributed by atoms with Gasteiger partial charge >= 0.3 is 12.0 Å². The number of hydrogen-bond donors (Lipinski definition) is 2. The first kappa shape index (κ1) is 30.9. The molecule has 5 aliphatic rings. The molecule has 4 amide bonds. The second-order valence-corrected chi connectivity index (χ2v) is 15.0. The Kier molecular flexibility index (Phi) is 7.34. The first-order chi connectivity index (χ1) is 21.9. The fourth-order valence-corrected chi connectivity index (χ4v) is 9.14. The van der Waals surface area contributed by atoms with E-state index in [2.05, 4.69) is 29.6 Å². The number of ether oxygens (including phenoxy) is 1. The quantitative estimate of drug-likeness (QED) is 0.430. The first-order valence-electron chi connectivity index (χ1n) is 16.9. The van der Waals surface area contributed by atoms with Crippen molar-refractivity contribution in [2.24, 2.45) is 30.2 Å². The summed E-state index contributed by atoms with van der Waals surface area (Å²) in [7, 11) is 5.08. The van der Waals surface area contributed by atoms with Crippen LogP contribution in [0.15, 0.2) is 36.5 Å². The van der Waals surface area contributed by atoms with Crippen LogP contribution in [0.1, 0.15) is 74.8 Å². The zero-order chi connectivity index (χ0) is 32.6. The van der Waals surface area contributed by atoms with Gasteiger partial charge in [0.05, 0.1) is 19.6 Å². The van der Waals surface area contributed by atoms with Crippen LogP contribution in [0.3, 0.4) is 0 Å². The Labute approximate surface area is 270 Å². The number of aromatic nitrogens is 2. The molecule has 11 heteroatoms. The van der Waals surface area contributed by atoms with Crippen LogP contribution in [-0.2, 0) is 26.8 Å². The number of carbonyl (C=O) groups is 4. The summed E-state index contributed by atoms with van der Waals surface area (Å²) in [6, 6.07) is 9.14. The molecule has 0 bridgehead atoms. The molecule has 3 saturated carbocycles. The van der Waals surface area contributed by atoms with Crippen molar-refractivity contribution in [3.05, 3.63) is 47.8 Å². The Morgan fingerprint density at radius 2 is 1.83 bits per heavy atom. The molecule has 46 heavy (non-hydrogen) atoms. The van der Waals surface area contributed by atoms with Crippen molar-refractivity contribution >= 4 is 29.5 Å². The molecular weight excluding hydrogens is 584 g/mol. The summed E-state index contributed by atoms with van der Waals surface area (Å²) < 4.78 is 6.65. The molecule has 0 radical (unpaired) electrons. The van der Waals surface area contributed by atoms with Crippen LogP contribution in [-0.4, -0.2) is 83.9 Å². The predicted octanol–water partition coefficient (Wildman–Crippen LogP) is 3.52. The van der Waals surface area contributed by atoms with E-state index in [1.54, 1.807) is 24.2 Å². The van der Waals surface area contributed by atoms with Crippen molar-refractivity contribution < 1.29 is 23.9 Å². The van der Waals surface area contributed by atoms with Crippen molar-refractivity contribution in [2.75, 3.05) is 27.2 Å². The maximum absolute atomic E-state index is 14.7.